The van der Waals surface area contributed by atoms with Crippen molar-refractivity contribution in [2.45, 2.75) is 84.2 Å². The van der Waals surface area contributed by atoms with Crippen LogP contribution < -0.4 is 10.2 Å². The average molecular weight is 781 g/mol. The number of carbonyl (C=O) groups is 3. The van der Waals surface area contributed by atoms with E-state index in [1.54, 1.807) is 36.2 Å². The van der Waals surface area contributed by atoms with Crippen molar-refractivity contribution in [1.82, 2.24) is 24.6 Å². The lowest BCUT2D eigenvalue weighted by Gasteiger charge is -2.40. The lowest BCUT2D eigenvalue weighted by atomic mass is 9.91. The second-order valence-corrected chi connectivity index (χ2v) is 16.6. The zero-order chi connectivity index (χ0) is 38.4. The molecule has 0 bridgehead atoms. The van der Waals surface area contributed by atoms with E-state index < -0.39 is 0 Å². The molecule has 56 heavy (non-hydrogen) atoms. The minimum absolute atomic E-state index is 0. The van der Waals surface area contributed by atoms with E-state index in [9.17, 15) is 14.7 Å². The Morgan fingerprint density at radius 1 is 0.857 bits per heavy atom. The van der Waals surface area contributed by atoms with Gasteiger partial charge in [-0.3, -0.25) is 14.5 Å². The summed E-state index contributed by atoms with van der Waals surface area (Å²) in [4.78, 5) is 51.0. The molecule has 4 aliphatic rings. The van der Waals surface area contributed by atoms with Gasteiger partial charge in [0.05, 0.1) is 18.8 Å². The minimum Gasteiger partial charge on any atom is -0.508 e. The summed E-state index contributed by atoms with van der Waals surface area (Å²) in [7, 11) is 1.76. The number of aromatic hydroxyl groups is 1. The number of phenolic OH excluding ortho intramolecular Hbond substituents is 1. The van der Waals surface area contributed by atoms with Gasteiger partial charge in [-0.25, -0.2) is 4.79 Å². The maximum absolute atomic E-state index is 15.4. The number of aromatic nitrogens is 1. The van der Waals surface area contributed by atoms with E-state index in [0.29, 0.717) is 49.7 Å². The van der Waals surface area contributed by atoms with Gasteiger partial charge in [0.25, 0.3) is 11.8 Å². The number of anilines is 1. The van der Waals surface area contributed by atoms with Crippen LogP contribution in [0.15, 0.2) is 66.7 Å². The molecular weight excluding hydrogens is 728 g/mol. The number of carbonyl (C=O) groups excluding carboxylic acids is 3. The number of nitrogens with zero attached hydrogens (tertiary/aromatic N) is 5. The number of phenols is 1. The van der Waals surface area contributed by atoms with Gasteiger partial charge in [-0.1, -0.05) is 24.3 Å². The Kier molecular flexibility index (Phi) is 11.2. The molecule has 5 heterocycles. The quantitative estimate of drug-likeness (QED) is 0.228. The number of fused-ring (bicyclic) bond motifs is 3. The number of urea groups is 1. The molecular formula is C44H53ClN6O5. The van der Waals surface area contributed by atoms with Crippen molar-refractivity contribution >= 4 is 35.9 Å². The van der Waals surface area contributed by atoms with Gasteiger partial charge < -0.3 is 34.4 Å². The molecule has 1 aromatic heterocycles. The van der Waals surface area contributed by atoms with Crippen molar-refractivity contribution < 1.29 is 24.2 Å². The number of nitrogens with one attached hydrogen (secondary N) is 1. The third-order valence-corrected chi connectivity index (χ3v) is 11.6. The van der Waals surface area contributed by atoms with Gasteiger partial charge in [-0.2, -0.15) is 0 Å². The lowest BCUT2D eigenvalue weighted by molar-refractivity contribution is 0.0193. The molecule has 0 aliphatic carbocycles. The van der Waals surface area contributed by atoms with Crippen molar-refractivity contribution in [3.8, 4) is 17.0 Å². The molecule has 4 aliphatic heterocycles. The summed E-state index contributed by atoms with van der Waals surface area (Å²) >= 11 is 0. The highest BCUT2D eigenvalue weighted by atomic mass is 35.5. The molecule has 8 rings (SSSR count). The number of morpholine rings is 1. The molecule has 0 radical (unpaired) electrons. The molecule has 3 aromatic carbocycles. The Labute approximate surface area is 335 Å². The summed E-state index contributed by atoms with van der Waals surface area (Å²) in [6, 6.07) is 21.0. The molecule has 0 unspecified atom stereocenters. The second-order valence-electron chi connectivity index (χ2n) is 16.6. The van der Waals surface area contributed by atoms with Crippen molar-refractivity contribution in [3.63, 3.8) is 0 Å². The number of hydrogen-bond acceptors (Lipinski definition) is 6. The number of benzene rings is 3. The van der Waals surface area contributed by atoms with Crippen LogP contribution >= 0.6 is 12.4 Å². The number of halogens is 1. The van der Waals surface area contributed by atoms with Crippen LogP contribution in [0.3, 0.4) is 0 Å². The topological polar surface area (TPSA) is 111 Å². The molecule has 0 spiro atoms. The summed E-state index contributed by atoms with van der Waals surface area (Å²) < 4.78 is 7.91. The van der Waals surface area contributed by atoms with E-state index in [4.69, 9.17) is 4.74 Å². The molecule has 12 heteroatoms. The molecule has 296 valence electrons. The summed E-state index contributed by atoms with van der Waals surface area (Å²) in [5.41, 5.74) is 8.53. The maximum atomic E-state index is 15.4. The Hall–Kier alpha value is -4.84. The number of ether oxygens (including phenoxy) is 1. The van der Waals surface area contributed by atoms with E-state index in [1.807, 2.05) is 43.9 Å². The first kappa shape index (κ1) is 39.4. The van der Waals surface area contributed by atoms with Crippen molar-refractivity contribution in [1.29, 1.82) is 0 Å². The highest BCUT2D eigenvalue weighted by molar-refractivity contribution is 6.08. The van der Waals surface area contributed by atoms with Crippen molar-refractivity contribution in [2.24, 2.45) is 0 Å². The van der Waals surface area contributed by atoms with Crippen molar-refractivity contribution in [2.75, 3.05) is 44.8 Å². The molecule has 0 saturated carbocycles. The van der Waals surface area contributed by atoms with Crippen molar-refractivity contribution in [3.05, 3.63) is 106 Å². The standard InChI is InChI=1S/C44H52N6O5.ClH/c1-44(2,3)45-43(54)48-25-31-22-36(40-24-38(39-11-7-8-16-49(39)40)41(52)46(4)33-12-14-35(51)15-13-33)37(23-32(31)26-48)42(53)50-27-30-10-6-5-9-29(30)21-34(50)28-47-17-19-55-20-18-47;/h5-6,9-10,12-15,22-24,34,51H,7-8,11,16-21,25-28H2,1-4H3,(H,45,54);1H/t34-;/m0./s1. The smallest absolute Gasteiger partial charge is 0.318 e. The van der Waals surface area contributed by atoms with Gasteiger partial charge in [-0.05, 0) is 111 Å². The molecule has 1 atom stereocenters. The fourth-order valence-electron chi connectivity index (χ4n) is 8.67. The number of hydrogen-bond donors (Lipinski definition) is 2. The highest BCUT2D eigenvalue weighted by Crippen LogP contribution is 2.39. The first-order valence-electron chi connectivity index (χ1n) is 19.6. The predicted octanol–water partition coefficient (Wildman–Crippen LogP) is 6.62. The minimum atomic E-state index is -0.389. The average Bonchev–Trinajstić information content (AvgIpc) is 3.78. The number of amides is 4. The fourth-order valence-corrected chi connectivity index (χ4v) is 8.67. The molecule has 1 saturated heterocycles. The van der Waals surface area contributed by atoms with Gasteiger partial charge in [0, 0.05) is 92.6 Å². The van der Waals surface area contributed by atoms with E-state index in [2.05, 4.69) is 43.9 Å². The van der Waals surface area contributed by atoms with Crippen LogP contribution in [-0.2, 0) is 43.8 Å². The Bertz CT molecular complexity index is 2120. The first-order chi connectivity index (χ1) is 26.4. The van der Waals surface area contributed by atoms with Crippen LogP contribution in [0.25, 0.3) is 11.3 Å². The van der Waals surface area contributed by atoms with Crippen LogP contribution in [0, 0.1) is 0 Å². The van der Waals surface area contributed by atoms with Crippen LogP contribution in [-0.4, -0.2) is 93.7 Å². The highest BCUT2D eigenvalue weighted by Gasteiger charge is 2.36. The monoisotopic (exact) mass is 780 g/mol. The van der Waals surface area contributed by atoms with Crippen LogP contribution in [0.1, 0.15) is 82.3 Å². The molecule has 4 aromatic rings. The van der Waals surface area contributed by atoms with E-state index in [1.165, 1.54) is 5.56 Å². The largest absolute Gasteiger partial charge is 0.508 e. The fraction of sp³-hybridized carbons (Fsp3) is 0.432. The van der Waals surface area contributed by atoms with Crippen LogP contribution in [0.5, 0.6) is 5.75 Å². The zero-order valence-electron chi connectivity index (χ0n) is 32.8. The maximum Gasteiger partial charge on any atom is 0.318 e. The van der Waals surface area contributed by atoms with Gasteiger partial charge in [0.15, 0.2) is 0 Å². The third kappa shape index (κ3) is 7.90. The first-order valence-corrected chi connectivity index (χ1v) is 19.6. The summed E-state index contributed by atoms with van der Waals surface area (Å²) in [5, 5.41) is 13.0. The van der Waals surface area contributed by atoms with Gasteiger partial charge in [-0.15, -0.1) is 12.4 Å². The molecule has 1 fully saturated rings. The van der Waals surface area contributed by atoms with E-state index in [-0.39, 0.29) is 47.6 Å². The predicted molar refractivity (Wildman–Crippen MR) is 219 cm³/mol. The Balaban J connectivity index is 0.00000480. The SMILES string of the molecule is CN(C(=O)c1cc(-c2cc3c(cc2C(=O)N2Cc4ccccc4C[C@H]2CN2CCOCC2)CN(C(=O)NC(C)(C)C)C3)n2c1CCCC2)c1ccc(O)cc1.Cl. The normalized spacial score (nSPS) is 18.0. The molecule has 2 N–H and O–H groups in total. The van der Waals surface area contributed by atoms with Crippen LogP contribution in [0.2, 0.25) is 0 Å². The van der Waals surface area contributed by atoms with E-state index >= 15 is 4.79 Å². The number of rotatable bonds is 6. The molecule has 11 nitrogen and oxygen atoms in total. The molecule has 4 amide bonds. The van der Waals surface area contributed by atoms with Crippen LogP contribution in [0.4, 0.5) is 10.5 Å². The van der Waals surface area contributed by atoms with E-state index in [0.717, 1.165) is 85.5 Å². The summed E-state index contributed by atoms with van der Waals surface area (Å²) in [6.07, 6.45) is 3.46. The van der Waals surface area contributed by atoms with Gasteiger partial charge in [0.2, 0.25) is 0 Å². The summed E-state index contributed by atoms with van der Waals surface area (Å²) in [5.74, 6) is -0.0377. The summed E-state index contributed by atoms with van der Waals surface area (Å²) in [6.45, 7) is 11.8. The van der Waals surface area contributed by atoms with Gasteiger partial charge >= 0.3 is 6.03 Å². The van der Waals surface area contributed by atoms with Gasteiger partial charge in [0.1, 0.15) is 5.75 Å². The lowest BCUT2D eigenvalue weighted by Crippen LogP contribution is -2.52. The third-order valence-electron chi connectivity index (χ3n) is 11.6. The Morgan fingerprint density at radius 2 is 1.55 bits per heavy atom. The Morgan fingerprint density at radius 3 is 2.27 bits per heavy atom. The second kappa shape index (κ2) is 16.0. The zero-order valence-corrected chi connectivity index (χ0v) is 33.7.